The first-order valence-electron chi connectivity index (χ1n) is 4.66. The van der Waals surface area contributed by atoms with Crippen LogP contribution in [0.4, 0.5) is 11.5 Å². The van der Waals surface area contributed by atoms with Crippen LogP contribution in [-0.2, 0) is 0 Å². The van der Waals surface area contributed by atoms with Crippen LogP contribution in [0.5, 0.6) is 0 Å². The predicted octanol–water partition coefficient (Wildman–Crippen LogP) is 1.77. The molecule has 4 nitrogen and oxygen atoms in total. The molecule has 0 aliphatic carbocycles. The highest BCUT2D eigenvalue weighted by Crippen LogP contribution is 2.29. The van der Waals surface area contributed by atoms with Gasteiger partial charge >= 0.3 is 0 Å². The second-order valence-corrected chi connectivity index (χ2v) is 3.09. The Morgan fingerprint density at radius 3 is 2.67 bits per heavy atom. The highest BCUT2D eigenvalue weighted by molar-refractivity contribution is 5.83. The van der Waals surface area contributed by atoms with Gasteiger partial charge in [0.05, 0.1) is 11.3 Å². The van der Waals surface area contributed by atoms with E-state index in [0.717, 1.165) is 17.1 Å². The van der Waals surface area contributed by atoms with Gasteiger partial charge in [0, 0.05) is 25.1 Å². The topological polar surface area (TPSA) is 63.8 Å². The number of nitrogens with one attached hydrogen (secondary N) is 1. The van der Waals surface area contributed by atoms with Crippen molar-refractivity contribution in [1.29, 1.82) is 0 Å². The summed E-state index contributed by atoms with van der Waals surface area (Å²) in [7, 11) is 1.81. The Labute approximate surface area is 88.2 Å². The Morgan fingerprint density at radius 1 is 1.13 bits per heavy atom. The monoisotopic (exact) mass is 200 g/mol. The van der Waals surface area contributed by atoms with Gasteiger partial charge in [-0.15, -0.1) is 0 Å². The predicted molar refractivity (Wildman–Crippen MR) is 61.4 cm³/mol. The van der Waals surface area contributed by atoms with Gasteiger partial charge in [-0.1, -0.05) is 6.07 Å². The molecule has 15 heavy (non-hydrogen) atoms. The van der Waals surface area contributed by atoms with E-state index < -0.39 is 0 Å². The molecule has 0 saturated heterocycles. The summed E-state index contributed by atoms with van der Waals surface area (Å²) in [5.74, 6) is 0.744. The number of nitrogen functional groups attached to an aromatic ring is 1. The van der Waals surface area contributed by atoms with Gasteiger partial charge in [0.25, 0.3) is 0 Å². The van der Waals surface area contributed by atoms with Crippen LogP contribution in [0.1, 0.15) is 0 Å². The van der Waals surface area contributed by atoms with Crippen molar-refractivity contribution in [3.63, 3.8) is 0 Å². The molecule has 0 unspecified atom stereocenters. The van der Waals surface area contributed by atoms with E-state index in [9.17, 15) is 0 Å². The summed E-state index contributed by atoms with van der Waals surface area (Å²) >= 11 is 0. The second kappa shape index (κ2) is 3.96. The number of pyridine rings is 2. The number of rotatable bonds is 2. The van der Waals surface area contributed by atoms with Crippen molar-refractivity contribution in [2.24, 2.45) is 0 Å². The van der Waals surface area contributed by atoms with E-state index >= 15 is 0 Å². The molecule has 0 radical (unpaired) electrons. The minimum atomic E-state index is 0.674. The van der Waals surface area contributed by atoms with Crippen LogP contribution in [-0.4, -0.2) is 17.0 Å². The van der Waals surface area contributed by atoms with Crippen LogP contribution in [0.2, 0.25) is 0 Å². The van der Waals surface area contributed by atoms with Crippen LogP contribution in [0.25, 0.3) is 11.3 Å². The fourth-order valence-corrected chi connectivity index (χ4v) is 1.45. The van der Waals surface area contributed by atoms with Crippen molar-refractivity contribution >= 4 is 11.5 Å². The van der Waals surface area contributed by atoms with Crippen LogP contribution in [0, 0.1) is 0 Å². The lowest BCUT2D eigenvalue weighted by Crippen LogP contribution is -2.00. The fraction of sp³-hybridized carbons (Fsp3) is 0.0909. The van der Waals surface area contributed by atoms with Crippen molar-refractivity contribution in [1.82, 2.24) is 9.97 Å². The first kappa shape index (κ1) is 9.45. The molecule has 3 N–H and O–H groups in total. The lowest BCUT2D eigenvalue weighted by atomic mass is 10.1. The third kappa shape index (κ3) is 1.74. The number of nitrogens with two attached hydrogens (primary N) is 1. The molecule has 76 valence electrons. The molecule has 2 heterocycles. The summed E-state index contributed by atoms with van der Waals surface area (Å²) in [6.45, 7) is 0. The average Bonchev–Trinajstić information content (AvgIpc) is 2.29. The summed E-state index contributed by atoms with van der Waals surface area (Å²) in [5.41, 5.74) is 8.26. The lowest BCUT2D eigenvalue weighted by molar-refractivity contribution is 1.26. The third-order valence-electron chi connectivity index (χ3n) is 2.14. The van der Waals surface area contributed by atoms with Crippen LogP contribution in [0.3, 0.4) is 0 Å². The minimum Gasteiger partial charge on any atom is -0.398 e. The van der Waals surface area contributed by atoms with Crippen LogP contribution < -0.4 is 11.1 Å². The first-order valence-corrected chi connectivity index (χ1v) is 4.66. The Kier molecular flexibility index (Phi) is 2.49. The standard InChI is InChI=1S/C11H12N4/c1-13-11-10(8(12)5-7-15-11)9-4-2-3-6-14-9/h2-7H,1H3,(H3,12,13,15). The van der Waals surface area contributed by atoms with E-state index in [1.165, 1.54) is 0 Å². The van der Waals surface area contributed by atoms with Crippen LogP contribution in [0.15, 0.2) is 36.7 Å². The largest absolute Gasteiger partial charge is 0.398 e. The Hall–Kier alpha value is -2.10. The lowest BCUT2D eigenvalue weighted by Gasteiger charge is -2.09. The van der Waals surface area contributed by atoms with Crippen molar-refractivity contribution in [3.8, 4) is 11.3 Å². The summed E-state index contributed by atoms with van der Waals surface area (Å²) in [6, 6.07) is 7.47. The smallest absolute Gasteiger partial charge is 0.137 e. The molecule has 2 aromatic rings. The number of anilines is 2. The molecule has 0 aliphatic rings. The van der Waals surface area contributed by atoms with Crippen molar-refractivity contribution in [3.05, 3.63) is 36.7 Å². The van der Waals surface area contributed by atoms with E-state index in [1.54, 1.807) is 18.5 Å². The maximum Gasteiger partial charge on any atom is 0.137 e. The zero-order chi connectivity index (χ0) is 10.7. The molecule has 0 fully saturated rings. The third-order valence-corrected chi connectivity index (χ3v) is 2.14. The van der Waals surface area contributed by atoms with Gasteiger partial charge in [-0.2, -0.15) is 0 Å². The molecule has 2 rings (SSSR count). The molecule has 0 aromatic carbocycles. The molecule has 0 saturated carbocycles. The maximum atomic E-state index is 5.91. The number of nitrogens with zero attached hydrogens (tertiary/aromatic N) is 2. The van der Waals surface area contributed by atoms with Gasteiger partial charge in [-0.25, -0.2) is 4.98 Å². The number of aromatic nitrogens is 2. The molecule has 2 aromatic heterocycles. The van der Waals surface area contributed by atoms with E-state index in [2.05, 4.69) is 15.3 Å². The molecular formula is C11H12N4. The summed E-state index contributed by atoms with van der Waals surface area (Å²) in [5, 5.41) is 3.00. The highest BCUT2D eigenvalue weighted by Gasteiger charge is 2.09. The molecule has 0 bridgehead atoms. The Balaban J connectivity index is 2.61. The Morgan fingerprint density at radius 2 is 2.00 bits per heavy atom. The fourth-order valence-electron chi connectivity index (χ4n) is 1.45. The minimum absolute atomic E-state index is 0.674. The van der Waals surface area contributed by atoms with Crippen molar-refractivity contribution in [2.75, 3.05) is 18.1 Å². The van der Waals surface area contributed by atoms with E-state index in [0.29, 0.717) is 5.69 Å². The van der Waals surface area contributed by atoms with E-state index in [-0.39, 0.29) is 0 Å². The van der Waals surface area contributed by atoms with Gasteiger partial charge in [0.1, 0.15) is 5.82 Å². The molecule has 0 amide bonds. The van der Waals surface area contributed by atoms with E-state index in [4.69, 9.17) is 5.73 Å². The zero-order valence-electron chi connectivity index (χ0n) is 8.44. The summed E-state index contributed by atoms with van der Waals surface area (Å²) in [4.78, 5) is 8.46. The zero-order valence-corrected chi connectivity index (χ0v) is 8.44. The van der Waals surface area contributed by atoms with Crippen molar-refractivity contribution in [2.45, 2.75) is 0 Å². The van der Waals surface area contributed by atoms with Gasteiger partial charge < -0.3 is 11.1 Å². The molecule has 0 aliphatic heterocycles. The van der Waals surface area contributed by atoms with E-state index in [1.807, 2.05) is 25.2 Å². The van der Waals surface area contributed by atoms with Gasteiger partial charge in [0.15, 0.2) is 0 Å². The average molecular weight is 200 g/mol. The maximum absolute atomic E-state index is 5.91. The Bertz CT molecular complexity index is 453. The summed E-state index contributed by atoms with van der Waals surface area (Å²) in [6.07, 6.45) is 3.41. The molecule has 0 spiro atoms. The van der Waals surface area contributed by atoms with Gasteiger partial charge in [0.2, 0.25) is 0 Å². The highest BCUT2D eigenvalue weighted by atomic mass is 15.0. The first-order chi connectivity index (χ1) is 7.33. The summed E-state index contributed by atoms with van der Waals surface area (Å²) < 4.78 is 0. The van der Waals surface area contributed by atoms with Gasteiger partial charge in [-0.3, -0.25) is 4.98 Å². The molecule has 0 atom stereocenters. The molecular weight excluding hydrogens is 188 g/mol. The molecule has 4 heteroatoms. The normalized spacial score (nSPS) is 9.93. The van der Waals surface area contributed by atoms with Gasteiger partial charge in [-0.05, 0) is 18.2 Å². The SMILES string of the molecule is CNc1nccc(N)c1-c1ccccn1. The van der Waals surface area contributed by atoms with Crippen molar-refractivity contribution < 1.29 is 0 Å². The number of hydrogen-bond donors (Lipinski definition) is 2. The van der Waals surface area contributed by atoms with Crippen LogP contribution >= 0.6 is 0 Å². The quantitative estimate of drug-likeness (QED) is 0.775. The number of hydrogen-bond acceptors (Lipinski definition) is 4. The second-order valence-electron chi connectivity index (χ2n) is 3.09.